The van der Waals surface area contributed by atoms with Crippen LogP contribution in [-0.4, -0.2) is 33.8 Å². The molecule has 0 heterocycles. The van der Waals surface area contributed by atoms with Crippen LogP contribution in [0.25, 0.3) is 0 Å². The van der Waals surface area contributed by atoms with Crippen molar-refractivity contribution >= 4 is 45.0 Å². The van der Waals surface area contributed by atoms with Gasteiger partial charge in [0.25, 0.3) is 0 Å². The molecule has 2 rings (SSSR count). The van der Waals surface area contributed by atoms with E-state index in [0.29, 0.717) is 5.02 Å². The molecule has 2 aromatic carbocycles. The number of halogens is 2. The van der Waals surface area contributed by atoms with Crippen molar-refractivity contribution in [2.45, 2.75) is 4.90 Å². The molecule has 25 heavy (non-hydrogen) atoms. The third-order valence-corrected chi connectivity index (χ3v) is 5.21. The topological polar surface area (TPSA) is 89.5 Å². The number of esters is 1. The number of nitrogens with one attached hydrogen (secondary N) is 1. The van der Waals surface area contributed by atoms with Crippen molar-refractivity contribution in [3.63, 3.8) is 0 Å². The van der Waals surface area contributed by atoms with Gasteiger partial charge in [-0.1, -0.05) is 23.2 Å². The summed E-state index contributed by atoms with van der Waals surface area (Å²) in [5, 5.41) is 0.547. The molecule has 0 saturated carbocycles. The number of rotatable bonds is 6. The molecule has 0 spiro atoms. The van der Waals surface area contributed by atoms with Gasteiger partial charge in [-0.05, 0) is 49.5 Å². The Morgan fingerprint density at radius 3 is 2.28 bits per heavy atom. The third-order valence-electron chi connectivity index (χ3n) is 3.23. The van der Waals surface area contributed by atoms with E-state index in [-0.39, 0.29) is 21.0 Å². The predicted octanol–water partition coefficient (Wildman–Crippen LogP) is 2.94. The number of carbonyl (C=O) groups excluding carboxylic acids is 2. The van der Waals surface area contributed by atoms with Crippen molar-refractivity contribution in [3.8, 4) is 0 Å². The van der Waals surface area contributed by atoms with Crippen LogP contribution >= 0.6 is 23.2 Å². The summed E-state index contributed by atoms with van der Waals surface area (Å²) in [6.45, 7) is -0.503. The second-order valence-electron chi connectivity index (χ2n) is 4.86. The number of Topliss-reactive ketones (excluding diaryl/α,β-unsaturated/α-hetero) is 1. The monoisotopic (exact) mass is 401 g/mol. The minimum atomic E-state index is -3.59. The van der Waals surface area contributed by atoms with E-state index in [2.05, 4.69) is 4.72 Å². The van der Waals surface area contributed by atoms with E-state index in [4.69, 9.17) is 27.9 Å². The zero-order valence-corrected chi connectivity index (χ0v) is 15.3. The van der Waals surface area contributed by atoms with Crippen molar-refractivity contribution < 1.29 is 22.7 Å². The van der Waals surface area contributed by atoms with Gasteiger partial charge in [0, 0.05) is 10.6 Å². The SMILES string of the molecule is CNS(=O)(=O)c1ccc(C(=O)OCC(=O)c2ccc(Cl)cc2Cl)cc1. The number of carbonyl (C=O) groups is 2. The van der Waals surface area contributed by atoms with E-state index >= 15 is 0 Å². The lowest BCUT2D eigenvalue weighted by atomic mass is 10.1. The van der Waals surface area contributed by atoms with E-state index in [0.717, 1.165) is 0 Å². The van der Waals surface area contributed by atoms with Crippen LogP contribution < -0.4 is 4.72 Å². The smallest absolute Gasteiger partial charge is 0.338 e. The molecule has 0 amide bonds. The van der Waals surface area contributed by atoms with E-state index in [1.165, 1.54) is 49.5 Å². The Labute approximate surface area is 154 Å². The number of hydrogen-bond donors (Lipinski definition) is 1. The normalized spacial score (nSPS) is 11.2. The molecule has 0 unspecified atom stereocenters. The number of ketones is 1. The van der Waals surface area contributed by atoms with Gasteiger partial charge in [0.2, 0.25) is 15.8 Å². The Morgan fingerprint density at radius 1 is 1.08 bits per heavy atom. The fraction of sp³-hybridized carbons (Fsp3) is 0.125. The zero-order valence-electron chi connectivity index (χ0n) is 13.0. The molecule has 0 radical (unpaired) electrons. The van der Waals surface area contributed by atoms with Gasteiger partial charge in [0.1, 0.15) is 0 Å². The van der Waals surface area contributed by atoms with E-state index in [9.17, 15) is 18.0 Å². The van der Waals surface area contributed by atoms with Crippen LogP contribution in [0.5, 0.6) is 0 Å². The molecule has 132 valence electrons. The first kappa shape index (κ1) is 19.4. The standard InChI is InChI=1S/C16H13Cl2NO5S/c1-19-25(22,23)12-5-2-10(3-6-12)16(21)24-9-15(20)13-7-4-11(17)8-14(13)18/h2-8,19H,9H2,1H3. The maximum absolute atomic E-state index is 12.0. The lowest BCUT2D eigenvalue weighted by Gasteiger charge is -2.07. The first-order valence-corrected chi connectivity index (χ1v) is 9.17. The molecule has 0 aliphatic carbocycles. The quantitative estimate of drug-likeness (QED) is 0.593. The van der Waals surface area contributed by atoms with Crippen molar-refractivity contribution in [1.29, 1.82) is 0 Å². The van der Waals surface area contributed by atoms with Gasteiger partial charge in [-0.15, -0.1) is 0 Å². The summed E-state index contributed by atoms with van der Waals surface area (Å²) in [4.78, 5) is 24.0. The van der Waals surface area contributed by atoms with E-state index < -0.39 is 28.4 Å². The summed E-state index contributed by atoms with van der Waals surface area (Å²) in [7, 11) is -2.31. The fourth-order valence-corrected chi connectivity index (χ4v) is 3.14. The minimum Gasteiger partial charge on any atom is -0.454 e. The highest BCUT2D eigenvalue weighted by atomic mass is 35.5. The number of sulfonamides is 1. The maximum Gasteiger partial charge on any atom is 0.338 e. The Hall–Kier alpha value is -1.93. The Morgan fingerprint density at radius 2 is 1.72 bits per heavy atom. The average molecular weight is 402 g/mol. The summed E-state index contributed by atoms with van der Waals surface area (Å²) < 4.78 is 30.3. The van der Waals surface area contributed by atoms with Crippen molar-refractivity contribution in [2.75, 3.05) is 13.7 Å². The number of hydrogen-bond acceptors (Lipinski definition) is 5. The second-order valence-corrected chi connectivity index (χ2v) is 7.59. The molecule has 0 saturated heterocycles. The maximum atomic E-state index is 12.0. The molecule has 0 fully saturated rings. The van der Waals surface area contributed by atoms with Gasteiger partial charge in [-0.3, -0.25) is 4.79 Å². The largest absolute Gasteiger partial charge is 0.454 e. The van der Waals surface area contributed by atoms with Crippen LogP contribution in [0.4, 0.5) is 0 Å². The van der Waals surface area contributed by atoms with E-state index in [1.54, 1.807) is 0 Å². The van der Waals surface area contributed by atoms with Gasteiger partial charge in [-0.2, -0.15) is 0 Å². The van der Waals surface area contributed by atoms with E-state index in [1.807, 2.05) is 0 Å². The van der Waals surface area contributed by atoms with Gasteiger partial charge >= 0.3 is 5.97 Å². The number of benzene rings is 2. The lowest BCUT2D eigenvalue weighted by molar-refractivity contribution is 0.0474. The molecule has 0 aliphatic heterocycles. The molecule has 6 nitrogen and oxygen atoms in total. The summed E-state index contributed by atoms with van der Waals surface area (Å²) >= 11 is 11.7. The van der Waals surface area contributed by atoms with Gasteiger partial charge in [0.05, 0.1) is 15.5 Å². The van der Waals surface area contributed by atoms with Crippen LogP contribution in [0.1, 0.15) is 20.7 Å². The van der Waals surface area contributed by atoms with Crippen molar-refractivity contribution in [2.24, 2.45) is 0 Å². The summed E-state index contributed by atoms with van der Waals surface area (Å²) in [5.41, 5.74) is 0.305. The molecule has 2 aromatic rings. The lowest BCUT2D eigenvalue weighted by Crippen LogP contribution is -2.19. The zero-order chi connectivity index (χ0) is 18.6. The summed E-state index contributed by atoms with van der Waals surface area (Å²) in [6.07, 6.45) is 0. The summed E-state index contributed by atoms with van der Waals surface area (Å²) in [5.74, 6) is -1.24. The molecular formula is C16H13Cl2NO5S. The van der Waals surface area contributed by atoms with Crippen LogP contribution in [0.15, 0.2) is 47.4 Å². The molecule has 0 aromatic heterocycles. The molecular weight excluding hydrogens is 389 g/mol. The third kappa shape index (κ3) is 4.79. The Balaban J connectivity index is 2.04. The first-order valence-electron chi connectivity index (χ1n) is 6.93. The fourth-order valence-electron chi connectivity index (χ4n) is 1.90. The Kier molecular flexibility index (Phi) is 6.18. The van der Waals surface area contributed by atoms with Crippen LogP contribution in [-0.2, 0) is 14.8 Å². The average Bonchev–Trinajstić information content (AvgIpc) is 2.59. The van der Waals surface area contributed by atoms with Gasteiger partial charge in [-0.25, -0.2) is 17.9 Å². The van der Waals surface area contributed by atoms with Gasteiger partial charge in [0.15, 0.2) is 6.61 Å². The van der Waals surface area contributed by atoms with Crippen LogP contribution in [0, 0.1) is 0 Å². The molecule has 0 atom stereocenters. The molecule has 1 N–H and O–H groups in total. The highest BCUT2D eigenvalue weighted by Gasteiger charge is 2.16. The van der Waals surface area contributed by atoms with Crippen molar-refractivity contribution in [3.05, 3.63) is 63.6 Å². The number of ether oxygens (including phenoxy) is 1. The minimum absolute atomic E-state index is 0.00979. The predicted molar refractivity (Wildman–Crippen MR) is 93.8 cm³/mol. The first-order chi connectivity index (χ1) is 11.7. The second kappa shape index (κ2) is 7.97. The highest BCUT2D eigenvalue weighted by molar-refractivity contribution is 7.89. The Bertz CT molecular complexity index is 911. The van der Waals surface area contributed by atoms with Crippen LogP contribution in [0.2, 0.25) is 10.0 Å². The van der Waals surface area contributed by atoms with Gasteiger partial charge < -0.3 is 4.74 Å². The van der Waals surface area contributed by atoms with Crippen LogP contribution in [0.3, 0.4) is 0 Å². The summed E-state index contributed by atoms with van der Waals surface area (Å²) in [6, 6.07) is 9.49. The highest BCUT2D eigenvalue weighted by Crippen LogP contribution is 2.21. The molecule has 9 heteroatoms. The molecule has 0 aliphatic rings. The molecule has 0 bridgehead atoms. The van der Waals surface area contributed by atoms with Crippen molar-refractivity contribution in [1.82, 2.24) is 4.72 Å².